The van der Waals surface area contributed by atoms with Gasteiger partial charge in [0.25, 0.3) is 0 Å². The maximum Gasteiger partial charge on any atom is 0.0879 e. The standard InChI is InChI=1S/C14H10N2S/c1-3-7-11-9(5-1)10-6-2-4-8-12(10)14-13(11)15-17-16-14/h1-8,13,15H. The molecule has 2 aliphatic rings. The Bertz CT molecular complexity index is 634. The summed E-state index contributed by atoms with van der Waals surface area (Å²) in [5.74, 6) is 0. The van der Waals surface area contributed by atoms with Gasteiger partial charge in [-0.15, -0.1) is 0 Å². The van der Waals surface area contributed by atoms with E-state index in [0.717, 1.165) is 5.71 Å². The van der Waals surface area contributed by atoms with Crippen molar-refractivity contribution in [3.8, 4) is 11.1 Å². The van der Waals surface area contributed by atoms with Gasteiger partial charge >= 0.3 is 0 Å². The molecule has 4 rings (SSSR count). The first-order chi connectivity index (χ1) is 8.45. The van der Waals surface area contributed by atoms with Crippen molar-refractivity contribution >= 4 is 17.8 Å². The minimum Gasteiger partial charge on any atom is -0.231 e. The van der Waals surface area contributed by atoms with Gasteiger partial charge in [0.05, 0.1) is 23.9 Å². The van der Waals surface area contributed by atoms with Crippen LogP contribution in [-0.4, -0.2) is 5.71 Å². The predicted octanol–water partition coefficient (Wildman–Crippen LogP) is 3.36. The van der Waals surface area contributed by atoms with Crippen molar-refractivity contribution in [2.24, 2.45) is 4.40 Å². The minimum atomic E-state index is 0.242. The van der Waals surface area contributed by atoms with E-state index in [1.165, 1.54) is 34.4 Å². The van der Waals surface area contributed by atoms with Crippen LogP contribution in [0.25, 0.3) is 11.1 Å². The zero-order valence-corrected chi connectivity index (χ0v) is 9.87. The fraction of sp³-hybridized carbons (Fsp3) is 0.0714. The lowest BCUT2D eigenvalue weighted by molar-refractivity contribution is 0.898. The molecule has 1 unspecified atom stereocenters. The van der Waals surface area contributed by atoms with Crippen molar-refractivity contribution in [1.82, 2.24) is 4.72 Å². The molecule has 0 saturated carbocycles. The molecule has 1 aliphatic carbocycles. The summed E-state index contributed by atoms with van der Waals surface area (Å²) < 4.78 is 7.89. The smallest absolute Gasteiger partial charge is 0.0879 e. The minimum absolute atomic E-state index is 0.242. The molecule has 0 fully saturated rings. The molecule has 1 aliphatic heterocycles. The Morgan fingerprint density at radius 2 is 1.59 bits per heavy atom. The quantitative estimate of drug-likeness (QED) is 0.712. The van der Waals surface area contributed by atoms with Crippen molar-refractivity contribution in [2.75, 3.05) is 0 Å². The van der Waals surface area contributed by atoms with Gasteiger partial charge in [0, 0.05) is 5.56 Å². The summed E-state index contributed by atoms with van der Waals surface area (Å²) in [5, 5.41) is 0. The second-order valence-corrected chi connectivity index (χ2v) is 4.85. The molecule has 1 atom stereocenters. The zero-order chi connectivity index (χ0) is 11.2. The molecule has 2 aromatic rings. The fourth-order valence-electron chi connectivity index (χ4n) is 2.59. The molecule has 1 N–H and O–H groups in total. The lowest BCUT2D eigenvalue weighted by atomic mass is 9.82. The zero-order valence-electron chi connectivity index (χ0n) is 9.05. The molecule has 0 saturated heterocycles. The topological polar surface area (TPSA) is 24.4 Å². The van der Waals surface area contributed by atoms with Crippen LogP contribution in [0.2, 0.25) is 0 Å². The summed E-state index contributed by atoms with van der Waals surface area (Å²) in [6.45, 7) is 0. The van der Waals surface area contributed by atoms with Crippen molar-refractivity contribution in [3.63, 3.8) is 0 Å². The Kier molecular flexibility index (Phi) is 1.92. The highest BCUT2D eigenvalue weighted by Gasteiger charge is 2.32. The van der Waals surface area contributed by atoms with Crippen molar-refractivity contribution < 1.29 is 0 Å². The van der Waals surface area contributed by atoms with E-state index in [9.17, 15) is 0 Å². The largest absolute Gasteiger partial charge is 0.231 e. The molecule has 0 amide bonds. The van der Waals surface area contributed by atoms with Gasteiger partial charge < -0.3 is 0 Å². The van der Waals surface area contributed by atoms with E-state index in [1.807, 2.05) is 0 Å². The summed E-state index contributed by atoms with van der Waals surface area (Å²) in [6, 6.07) is 17.3. The van der Waals surface area contributed by atoms with Crippen molar-refractivity contribution in [1.29, 1.82) is 0 Å². The Morgan fingerprint density at radius 3 is 2.47 bits per heavy atom. The summed E-state index contributed by atoms with van der Waals surface area (Å²) in [7, 11) is 0. The second kappa shape index (κ2) is 3.45. The fourth-order valence-corrected chi connectivity index (χ4v) is 3.29. The average Bonchev–Trinajstić information content (AvgIpc) is 2.89. The molecular formula is C14H10N2S. The Morgan fingerprint density at radius 1 is 0.882 bits per heavy atom. The van der Waals surface area contributed by atoms with Gasteiger partial charge in [-0.3, -0.25) is 0 Å². The van der Waals surface area contributed by atoms with Crippen LogP contribution in [-0.2, 0) is 0 Å². The number of nitrogens with one attached hydrogen (secondary N) is 1. The average molecular weight is 238 g/mol. The van der Waals surface area contributed by atoms with Crippen LogP contribution in [0.5, 0.6) is 0 Å². The molecule has 0 radical (unpaired) electrons. The van der Waals surface area contributed by atoms with E-state index < -0.39 is 0 Å². The summed E-state index contributed by atoms with van der Waals surface area (Å²) in [5.41, 5.74) is 6.36. The van der Waals surface area contributed by atoms with Gasteiger partial charge in [-0.2, -0.15) is 0 Å². The SMILES string of the molecule is c1ccc2c(c1)C1=NSNC1c1ccccc1-2. The molecule has 1 heterocycles. The number of nitrogens with zero attached hydrogens (tertiary/aromatic N) is 1. The molecule has 2 aromatic carbocycles. The number of rotatable bonds is 0. The van der Waals surface area contributed by atoms with Gasteiger partial charge in [0.1, 0.15) is 0 Å². The highest BCUT2D eigenvalue weighted by Crippen LogP contribution is 2.42. The lowest BCUT2D eigenvalue weighted by Crippen LogP contribution is -2.23. The number of fused-ring (bicyclic) bond motifs is 6. The number of benzene rings is 2. The van der Waals surface area contributed by atoms with E-state index in [4.69, 9.17) is 0 Å². The lowest BCUT2D eigenvalue weighted by Gasteiger charge is -2.25. The molecule has 0 bridgehead atoms. The van der Waals surface area contributed by atoms with Gasteiger partial charge in [-0.05, 0) is 16.7 Å². The number of hydrogen-bond acceptors (Lipinski definition) is 3. The maximum absolute atomic E-state index is 4.52. The van der Waals surface area contributed by atoms with Crippen LogP contribution in [0.15, 0.2) is 52.9 Å². The highest BCUT2D eigenvalue weighted by molar-refractivity contribution is 7.96. The predicted molar refractivity (Wildman–Crippen MR) is 71.9 cm³/mol. The molecule has 0 aromatic heterocycles. The first-order valence-electron chi connectivity index (χ1n) is 5.63. The number of hydrogen-bond donors (Lipinski definition) is 1. The molecular weight excluding hydrogens is 228 g/mol. The second-order valence-electron chi connectivity index (χ2n) is 4.25. The van der Waals surface area contributed by atoms with Gasteiger partial charge in [0.2, 0.25) is 0 Å². The Hall–Kier alpha value is -1.58. The summed E-state index contributed by atoms with van der Waals surface area (Å²) >= 11 is 1.44. The van der Waals surface area contributed by atoms with Crippen LogP contribution in [0.1, 0.15) is 17.2 Å². The van der Waals surface area contributed by atoms with Crippen LogP contribution in [0.3, 0.4) is 0 Å². The molecule has 2 nitrogen and oxygen atoms in total. The van der Waals surface area contributed by atoms with Crippen molar-refractivity contribution in [2.45, 2.75) is 6.04 Å². The summed E-state index contributed by atoms with van der Waals surface area (Å²) in [6.07, 6.45) is 0. The van der Waals surface area contributed by atoms with E-state index in [1.54, 1.807) is 0 Å². The third kappa shape index (κ3) is 1.24. The first kappa shape index (κ1) is 9.45. The van der Waals surface area contributed by atoms with Gasteiger partial charge in [0.15, 0.2) is 0 Å². The Labute approximate surface area is 104 Å². The van der Waals surface area contributed by atoms with Gasteiger partial charge in [-0.1, -0.05) is 48.5 Å². The third-order valence-electron chi connectivity index (χ3n) is 3.35. The third-order valence-corrected chi connectivity index (χ3v) is 3.98. The van der Waals surface area contributed by atoms with Crippen LogP contribution >= 0.6 is 12.1 Å². The van der Waals surface area contributed by atoms with Gasteiger partial charge in [-0.25, -0.2) is 9.12 Å². The normalized spacial score (nSPS) is 20.2. The van der Waals surface area contributed by atoms with E-state index >= 15 is 0 Å². The monoisotopic (exact) mass is 238 g/mol. The highest BCUT2D eigenvalue weighted by atomic mass is 32.2. The van der Waals surface area contributed by atoms with E-state index in [2.05, 4.69) is 57.7 Å². The van der Waals surface area contributed by atoms with Crippen LogP contribution < -0.4 is 4.72 Å². The first-order valence-corrected chi connectivity index (χ1v) is 6.40. The van der Waals surface area contributed by atoms with Crippen molar-refractivity contribution in [3.05, 3.63) is 59.7 Å². The molecule has 82 valence electrons. The van der Waals surface area contributed by atoms with E-state index in [-0.39, 0.29) is 6.04 Å². The van der Waals surface area contributed by atoms with E-state index in [0.29, 0.717) is 0 Å². The Balaban J connectivity index is 2.10. The summed E-state index contributed by atoms with van der Waals surface area (Å²) in [4.78, 5) is 0. The molecule has 17 heavy (non-hydrogen) atoms. The molecule has 3 heteroatoms. The van der Waals surface area contributed by atoms with Crippen LogP contribution in [0, 0.1) is 0 Å². The van der Waals surface area contributed by atoms with Crippen LogP contribution in [0.4, 0.5) is 0 Å². The maximum atomic E-state index is 4.52. The molecule has 0 spiro atoms.